The number of aryl methyl sites for hydroxylation is 1. The number of aliphatic imine (C=N–C) groups is 1. The van der Waals surface area contributed by atoms with Crippen molar-refractivity contribution in [2.75, 3.05) is 20.1 Å². The largest absolute Gasteiger partial charge is 0.356 e. The summed E-state index contributed by atoms with van der Waals surface area (Å²) >= 11 is 0. The molecule has 1 amide bonds. The lowest BCUT2D eigenvalue weighted by atomic mass is 10.1. The number of likely N-dealkylation sites (tertiary alicyclic amines) is 1. The lowest BCUT2D eigenvalue weighted by Gasteiger charge is -2.27. The third kappa shape index (κ3) is 4.67. The standard InChI is InChI=1S/C15H27N7O/c1-4-12(22-9-5-6-14(22)23)7-8-17-15(16-2)18-10-13-19-11-20-21(13)3/h11-12H,4-10H2,1-3H3,(H2,16,17,18). The fraction of sp³-hybridized carbons (Fsp3) is 0.733. The molecule has 1 aromatic rings. The first-order chi connectivity index (χ1) is 11.2. The van der Waals surface area contributed by atoms with E-state index in [0.29, 0.717) is 24.9 Å². The van der Waals surface area contributed by atoms with Crippen LogP contribution >= 0.6 is 0 Å². The first kappa shape index (κ1) is 17.2. The first-order valence-corrected chi connectivity index (χ1v) is 8.22. The molecule has 1 saturated heterocycles. The second kappa shape index (κ2) is 8.50. The van der Waals surface area contributed by atoms with E-state index >= 15 is 0 Å². The zero-order valence-corrected chi connectivity index (χ0v) is 14.2. The maximum Gasteiger partial charge on any atom is 0.222 e. The van der Waals surface area contributed by atoms with Crippen LogP contribution in [-0.2, 0) is 18.4 Å². The maximum atomic E-state index is 11.8. The third-order valence-electron chi connectivity index (χ3n) is 4.23. The first-order valence-electron chi connectivity index (χ1n) is 8.22. The molecule has 1 unspecified atom stereocenters. The highest BCUT2D eigenvalue weighted by Crippen LogP contribution is 2.17. The number of nitrogens with zero attached hydrogens (tertiary/aromatic N) is 5. The Kier molecular flexibility index (Phi) is 6.37. The second-order valence-corrected chi connectivity index (χ2v) is 5.69. The Morgan fingerprint density at radius 3 is 2.87 bits per heavy atom. The number of carbonyl (C=O) groups is 1. The van der Waals surface area contributed by atoms with Gasteiger partial charge in [-0.3, -0.25) is 14.5 Å². The predicted octanol–water partition coefficient (Wildman–Crippen LogP) is 0.271. The zero-order chi connectivity index (χ0) is 16.7. The van der Waals surface area contributed by atoms with Gasteiger partial charge >= 0.3 is 0 Å². The molecule has 0 aromatic carbocycles. The van der Waals surface area contributed by atoms with Crippen molar-refractivity contribution in [2.24, 2.45) is 12.0 Å². The SMILES string of the molecule is CCC(CCNC(=NC)NCc1ncnn1C)N1CCCC1=O. The van der Waals surface area contributed by atoms with Gasteiger partial charge in [-0.1, -0.05) is 6.92 Å². The van der Waals surface area contributed by atoms with Crippen LogP contribution < -0.4 is 10.6 Å². The predicted molar refractivity (Wildman–Crippen MR) is 88.8 cm³/mol. The van der Waals surface area contributed by atoms with Gasteiger partial charge < -0.3 is 15.5 Å². The topological polar surface area (TPSA) is 87.4 Å². The Hall–Kier alpha value is -2.12. The van der Waals surface area contributed by atoms with Gasteiger partial charge in [0.05, 0.1) is 6.54 Å². The van der Waals surface area contributed by atoms with Crippen LogP contribution in [-0.4, -0.2) is 57.7 Å². The van der Waals surface area contributed by atoms with E-state index in [9.17, 15) is 4.79 Å². The average Bonchev–Trinajstić information content (AvgIpc) is 3.15. The van der Waals surface area contributed by atoms with Crippen molar-refractivity contribution in [3.63, 3.8) is 0 Å². The highest BCUT2D eigenvalue weighted by molar-refractivity contribution is 5.79. The van der Waals surface area contributed by atoms with E-state index in [1.54, 1.807) is 11.7 Å². The van der Waals surface area contributed by atoms with E-state index in [4.69, 9.17) is 0 Å². The number of rotatable bonds is 7. The molecule has 128 valence electrons. The van der Waals surface area contributed by atoms with Gasteiger partial charge in [0, 0.05) is 39.6 Å². The average molecular weight is 321 g/mol. The fourth-order valence-corrected chi connectivity index (χ4v) is 2.86. The molecule has 8 nitrogen and oxygen atoms in total. The third-order valence-corrected chi connectivity index (χ3v) is 4.23. The van der Waals surface area contributed by atoms with Gasteiger partial charge in [0.2, 0.25) is 5.91 Å². The van der Waals surface area contributed by atoms with E-state index in [0.717, 1.165) is 44.1 Å². The number of hydrogen-bond donors (Lipinski definition) is 2. The smallest absolute Gasteiger partial charge is 0.222 e. The van der Waals surface area contributed by atoms with Crippen LogP contribution in [0.3, 0.4) is 0 Å². The van der Waals surface area contributed by atoms with Gasteiger partial charge in [-0.25, -0.2) is 4.98 Å². The molecule has 2 rings (SSSR count). The summed E-state index contributed by atoms with van der Waals surface area (Å²) < 4.78 is 1.73. The lowest BCUT2D eigenvalue weighted by Crippen LogP contribution is -2.42. The van der Waals surface area contributed by atoms with Crippen LogP contribution in [0.2, 0.25) is 0 Å². The van der Waals surface area contributed by atoms with Gasteiger partial charge in [-0.15, -0.1) is 0 Å². The molecular formula is C15H27N7O. The summed E-state index contributed by atoms with van der Waals surface area (Å²) in [7, 11) is 3.60. The summed E-state index contributed by atoms with van der Waals surface area (Å²) in [6, 6.07) is 0.314. The maximum absolute atomic E-state index is 11.8. The Morgan fingerprint density at radius 2 is 2.30 bits per heavy atom. The highest BCUT2D eigenvalue weighted by atomic mass is 16.2. The molecule has 23 heavy (non-hydrogen) atoms. The van der Waals surface area contributed by atoms with Crippen molar-refractivity contribution < 1.29 is 4.79 Å². The van der Waals surface area contributed by atoms with Crippen molar-refractivity contribution in [1.82, 2.24) is 30.3 Å². The Balaban J connectivity index is 1.74. The minimum atomic E-state index is 0.293. The monoisotopic (exact) mass is 321 g/mol. The number of aromatic nitrogens is 3. The second-order valence-electron chi connectivity index (χ2n) is 5.69. The van der Waals surface area contributed by atoms with Gasteiger partial charge in [0.15, 0.2) is 5.96 Å². The van der Waals surface area contributed by atoms with Crippen molar-refractivity contribution in [3.05, 3.63) is 12.2 Å². The van der Waals surface area contributed by atoms with E-state index < -0.39 is 0 Å². The summed E-state index contributed by atoms with van der Waals surface area (Å²) in [5, 5.41) is 10.6. The normalized spacial score (nSPS) is 16.7. The lowest BCUT2D eigenvalue weighted by molar-refractivity contribution is -0.129. The molecule has 1 fully saturated rings. The molecule has 0 saturated carbocycles. The van der Waals surface area contributed by atoms with Crippen molar-refractivity contribution in [2.45, 2.75) is 45.2 Å². The van der Waals surface area contributed by atoms with Gasteiger partial charge in [-0.05, 0) is 19.3 Å². The number of nitrogens with one attached hydrogen (secondary N) is 2. The molecular weight excluding hydrogens is 294 g/mol. The summed E-state index contributed by atoms with van der Waals surface area (Å²) in [5.41, 5.74) is 0. The number of guanidine groups is 1. The Bertz CT molecular complexity index is 540. The fourth-order valence-electron chi connectivity index (χ4n) is 2.86. The van der Waals surface area contributed by atoms with Crippen LogP contribution in [0.25, 0.3) is 0 Å². The van der Waals surface area contributed by atoms with E-state index in [2.05, 4.69) is 32.6 Å². The van der Waals surface area contributed by atoms with Crippen LogP contribution in [0.4, 0.5) is 0 Å². The molecule has 0 spiro atoms. The molecule has 1 aromatic heterocycles. The van der Waals surface area contributed by atoms with Crippen molar-refractivity contribution >= 4 is 11.9 Å². The van der Waals surface area contributed by atoms with Gasteiger partial charge in [0.25, 0.3) is 0 Å². The van der Waals surface area contributed by atoms with Crippen molar-refractivity contribution in [3.8, 4) is 0 Å². The summed E-state index contributed by atoms with van der Waals surface area (Å²) in [6.07, 6.45) is 5.13. The Morgan fingerprint density at radius 1 is 1.48 bits per heavy atom. The van der Waals surface area contributed by atoms with Crippen molar-refractivity contribution in [1.29, 1.82) is 0 Å². The van der Waals surface area contributed by atoms with E-state index in [-0.39, 0.29) is 0 Å². The van der Waals surface area contributed by atoms with Gasteiger partial charge in [-0.2, -0.15) is 5.10 Å². The molecule has 8 heteroatoms. The molecule has 1 aliphatic rings. The molecule has 0 radical (unpaired) electrons. The summed E-state index contributed by atoms with van der Waals surface area (Å²) in [4.78, 5) is 22.2. The Labute approximate surface area is 137 Å². The molecule has 2 N–H and O–H groups in total. The van der Waals surface area contributed by atoms with E-state index in [1.165, 1.54) is 6.33 Å². The minimum Gasteiger partial charge on any atom is -0.356 e. The quantitative estimate of drug-likeness (QED) is 0.556. The molecule has 1 aliphatic heterocycles. The molecule has 1 atom stereocenters. The molecule has 2 heterocycles. The number of hydrogen-bond acceptors (Lipinski definition) is 4. The van der Waals surface area contributed by atoms with Crippen LogP contribution in [0.15, 0.2) is 11.3 Å². The highest BCUT2D eigenvalue weighted by Gasteiger charge is 2.26. The summed E-state index contributed by atoms with van der Waals surface area (Å²) in [6.45, 7) is 4.38. The summed E-state index contributed by atoms with van der Waals surface area (Å²) in [5.74, 6) is 1.87. The van der Waals surface area contributed by atoms with E-state index in [1.807, 2.05) is 11.9 Å². The van der Waals surface area contributed by atoms with Crippen LogP contribution in [0, 0.1) is 0 Å². The molecule has 0 aliphatic carbocycles. The van der Waals surface area contributed by atoms with Crippen LogP contribution in [0.1, 0.15) is 38.4 Å². The number of amides is 1. The molecule has 0 bridgehead atoms. The van der Waals surface area contributed by atoms with Crippen LogP contribution in [0.5, 0.6) is 0 Å². The minimum absolute atomic E-state index is 0.293. The zero-order valence-electron chi connectivity index (χ0n) is 14.2. The number of carbonyl (C=O) groups excluding carboxylic acids is 1. The van der Waals surface area contributed by atoms with Gasteiger partial charge in [0.1, 0.15) is 12.2 Å².